The quantitative estimate of drug-likeness (QED) is 0.266. The van der Waals surface area contributed by atoms with Gasteiger partial charge in [-0.05, 0) is 44.1 Å². The number of carbonyl (C=O) groups is 1. The van der Waals surface area contributed by atoms with E-state index >= 15 is 0 Å². The summed E-state index contributed by atoms with van der Waals surface area (Å²) in [6.45, 7) is 3.13. The van der Waals surface area contributed by atoms with Gasteiger partial charge in [-0.1, -0.05) is 17.2 Å². The molecule has 0 fully saturated rings. The van der Waals surface area contributed by atoms with Gasteiger partial charge in [-0.3, -0.25) is 4.79 Å². The number of fused-ring (bicyclic) bond motifs is 1. The first kappa shape index (κ1) is 17.5. The van der Waals surface area contributed by atoms with E-state index < -0.39 is 5.63 Å². The average Bonchev–Trinajstić information content (AvgIpc) is 2.55. The Morgan fingerprint density at radius 1 is 1.38 bits per heavy atom. The Bertz CT molecular complexity index is 853. The van der Waals surface area contributed by atoms with Gasteiger partial charge in [0.15, 0.2) is 0 Å². The van der Waals surface area contributed by atoms with Crippen LogP contribution in [0.15, 0.2) is 32.5 Å². The second-order valence-electron chi connectivity index (χ2n) is 5.35. The average molecular weight is 329 g/mol. The van der Waals surface area contributed by atoms with Gasteiger partial charge in [-0.25, -0.2) is 4.79 Å². The van der Waals surface area contributed by atoms with E-state index in [4.69, 9.17) is 9.95 Å². The summed E-state index contributed by atoms with van der Waals surface area (Å²) in [6.07, 6.45) is 0.789. The molecule has 24 heavy (non-hydrogen) atoms. The van der Waals surface area contributed by atoms with Gasteiger partial charge in [0.25, 0.3) is 0 Å². The normalized spacial score (nSPS) is 10.4. The zero-order valence-corrected chi connectivity index (χ0v) is 13.6. The van der Waals surface area contributed by atoms with Gasteiger partial charge in [-0.2, -0.15) is 0 Å². The van der Waals surface area contributed by atoms with Crippen LogP contribution in [0, 0.1) is 6.92 Å². The number of aryl methyl sites for hydroxylation is 1. The number of carbonyl (C=O) groups excluding carboxylic acids is 1. The van der Waals surface area contributed by atoms with Gasteiger partial charge >= 0.3 is 5.63 Å². The van der Waals surface area contributed by atoms with Crippen LogP contribution in [0.2, 0.25) is 0 Å². The SMILES string of the molecule is CNCCCNC(=O)Cc1c(C)c2ccc(N=[N+]=[N-])cc2oc1=O. The van der Waals surface area contributed by atoms with E-state index in [1.54, 1.807) is 19.1 Å². The highest BCUT2D eigenvalue weighted by Crippen LogP contribution is 2.24. The van der Waals surface area contributed by atoms with Crippen LogP contribution in [-0.4, -0.2) is 26.0 Å². The molecule has 0 aliphatic heterocycles. The van der Waals surface area contributed by atoms with E-state index in [0.717, 1.165) is 13.0 Å². The predicted octanol–water partition coefficient (Wildman–Crippen LogP) is 2.31. The Balaban J connectivity index is 2.25. The molecule has 2 rings (SSSR count). The lowest BCUT2D eigenvalue weighted by atomic mass is 10.0. The molecule has 1 aromatic carbocycles. The van der Waals surface area contributed by atoms with Crippen molar-refractivity contribution in [2.75, 3.05) is 20.1 Å². The van der Waals surface area contributed by atoms with Crippen molar-refractivity contribution >= 4 is 22.6 Å². The number of hydrogen-bond donors (Lipinski definition) is 2. The number of amides is 1. The molecule has 0 bridgehead atoms. The lowest BCUT2D eigenvalue weighted by molar-refractivity contribution is -0.120. The van der Waals surface area contributed by atoms with Crippen LogP contribution in [0.3, 0.4) is 0 Å². The Morgan fingerprint density at radius 3 is 2.88 bits per heavy atom. The maximum absolute atomic E-state index is 12.2. The van der Waals surface area contributed by atoms with Gasteiger partial charge in [0.05, 0.1) is 12.0 Å². The summed E-state index contributed by atoms with van der Waals surface area (Å²) >= 11 is 0. The molecule has 2 N–H and O–H groups in total. The minimum atomic E-state index is -0.552. The molecule has 0 saturated carbocycles. The van der Waals surface area contributed by atoms with E-state index in [-0.39, 0.29) is 12.3 Å². The van der Waals surface area contributed by atoms with Crippen molar-refractivity contribution in [3.8, 4) is 0 Å². The maximum Gasteiger partial charge on any atom is 0.340 e. The highest BCUT2D eigenvalue weighted by molar-refractivity contribution is 5.86. The fraction of sp³-hybridized carbons (Fsp3) is 0.375. The van der Waals surface area contributed by atoms with E-state index in [9.17, 15) is 9.59 Å². The maximum atomic E-state index is 12.2. The summed E-state index contributed by atoms with van der Waals surface area (Å²) in [5.41, 5.74) is 9.64. The monoisotopic (exact) mass is 329 g/mol. The van der Waals surface area contributed by atoms with Gasteiger partial charge in [-0.15, -0.1) is 0 Å². The number of rotatable bonds is 7. The van der Waals surface area contributed by atoms with Crippen molar-refractivity contribution in [3.05, 3.63) is 50.2 Å². The summed E-state index contributed by atoms with van der Waals surface area (Å²) in [7, 11) is 1.85. The second-order valence-corrected chi connectivity index (χ2v) is 5.35. The molecule has 1 aromatic heterocycles. The molecule has 0 aliphatic carbocycles. The summed E-state index contributed by atoms with van der Waals surface area (Å²) in [6, 6.07) is 4.85. The Morgan fingerprint density at radius 2 is 2.17 bits per heavy atom. The fourth-order valence-corrected chi connectivity index (χ4v) is 2.42. The van der Waals surface area contributed by atoms with Gasteiger partial charge in [0, 0.05) is 22.5 Å². The summed E-state index contributed by atoms with van der Waals surface area (Å²) in [5.74, 6) is -0.216. The molecule has 2 aromatic rings. The lowest BCUT2D eigenvalue weighted by Gasteiger charge is -2.09. The first-order valence-electron chi connectivity index (χ1n) is 7.59. The molecule has 8 heteroatoms. The predicted molar refractivity (Wildman–Crippen MR) is 91.3 cm³/mol. The molecule has 0 radical (unpaired) electrons. The number of benzene rings is 1. The van der Waals surface area contributed by atoms with Crippen molar-refractivity contribution in [3.63, 3.8) is 0 Å². The van der Waals surface area contributed by atoms with Crippen LogP contribution in [0.4, 0.5) is 5.69 Å². The summed E-state index contributed by atoms with van der Waals surface area (Å²) < 4.78 is 5.28. The van der Waals surface area contributed by atoms with Crippen LogP contribution >= 0.6 is 0 Å². The third-order valence-electron chi connectivity index (χ3n) is 3.69. The molecule has 8 nitrogen and oxygen atoms in total. The molecule has 0 saturated heterocycles. The van der Waals surface area contributed by atoms with Crippen molar-refractivity contribution in [1.29, 1.82) is 0 Å². The van der Waals surface area contributed by atoms with Crippen molar-refractivity contribution in [1.82, 2.24) is 10.6 Å². The number of nitrogens with one attached hydrogen (secondary N) is 2. The standard InChI is InChI=1S/C16H19N5O3/c1-10-12-5-4-11(20-21-17)8-14(12)24-16(23)13(10)9-15(22)19-7-3-6-18-2/h4-5,8,18H,3,6-7,9H2,1-2H3,(H,19,22). The minimum Gasteiger partial charge on any atom is -0.422 e. The smallest absolute Gasteiger partial charge is 0.340 e. The fourth-order valence-electron chi connectivity index (χ4n) is 2.42. The highest BCUT2D eigenvalue weighted by Gasteiger charge is 2.14. The third-order valence-corrected chi connectivity index (χ3v) is 3.69. The first-order chi connectivity index (χ1) is 11.6. The van der Waals surface area contributed by atoms with Crippen LogP contribution < -0.4 is 16.3 Å². The molecule has 1 amide bonds. The zero-order chi connectivity index (χ0) is 17.5. The van der Waals surface area contributed by atoms with Gasteiger partial charge in [0.1, 0.15) is 5.58 Å². The summed E-state index contributed by atoms with van der Waals surface area (Å²) in [5, 5.41) is 9.97. The molecular formula is C16H19N5O3. The molecule has 1 heterocycles. The molecule has 126 valence electrons. The van der Waals surface area contributed by atoms with E-state index in [1.807, 2.05) is 7.05 Å². The zero-order valence-electron chi connectivity index (χ0n) is 13.6. The van der Waals surface area contributed by atoms with Gasteiger partial charge < -0.3 is 15.1 Å². The van der Waals surface area contributed by atoms with Crippen LogP contribution in [0.5, 0.6) is 0 Å². The largest absolute Gasteiger partial charge is 0.422 e. The topological polar surface area (TPSA) is 120 Å². The van der Waals surface area contributed by atoms with E-state index in [0.29, 0.717) is 34.3 Å². The highest BCUT2D eigenvalue weighted by atomic mass is 16.4. The van der Waals surface area contributed by atoms with Gasteiger partial charge in [0.2, 0.25) is 5.91 Å². The second kappa shape index (κ2) is 8.14. The third kappa shape index (κ3) is 4.13. The Hall–Kier alpha value is -2.83. The first-order valence-corrected chi connectivity index (χ1v) is 7.59. The summed E-state index contributed by atoms with van der Waals surface area (Å²) in [4.78, 5) is 26.9. The number of hydrogen-bond acceptors (Lipinski definition) is 5. The molecule has 0 spiro atoms. The van der Waals surface area contributed by atoms with Crippen LogP contribution in [-0.2, 0) is 11.2 Å². The minimum absolute atomic E-state index is 0.0260. The molecule has 0 aliphatic rings. The molecule has 0 unspecified atom stereocenters. The van der Waals surface area contributed by atoms with Crippen molar-refractivity contribution < 1.29 is 9.21 Å². The van der Waals surface area contributed by atoms with Crippen molar-refractivity contribution in [2.45, 2.75) is 19.8 Å². The Kier molecular flexibility index (Phi) is 5.95. The van der Waals surface area contributed by atoms with E-state index in [1.165, 1.54) is 6.07 Å². The van der Waals surface area contributed by atoms with Crippen LogP contribution in [0.1, 0.15) is 17.5 Å². The number of azide groups is 1. The Labute approximate surface area is 138 Å². The molecular weight excluding hydrogens is 310 g/mol. The van der Waals surface area contributed by atoms with Crippen molar-refractivity contribution in [2.24, 2.45) is 5.11 Å². The number of nitrogens with zero attached hydrogens (tertiary/aromatic N) is 3. The molecule has 0 atom stereocenters. The lowest BCUT2D eigenvalue weighted by Crippen LogP contribution is -2.29. The van der Waals surface area contributed by atoms with E-state index in [2.05, 4.69) is 20.7 Å². The van der Waals surface area contributed by atoms with Crippen LogP contribution in [0.25, 0.3) is 21.4 Å².